The Morgan fingerprint density at radius 3 is 2.67 bits per heavy atom. The Morgan fingerprint density at radius 2 is 1.96 bits per heavy atom. The van der Waals surface area contributed by atoms with Gasteiger partial charge in [0.15, 0.2) is 0 Å². The number of nitrogens with zero attached hydrogens (tertiary/aromatic N) is 2. The van der Waals surface area contributed by atoms with Crippen LogP contribution in [0.25, 0.3) is 16.9 Å². The first-order valence-electron chi connectivity index (χ1n) is 8.02. The normalized spacial score (nSPS) is 11.0. The summed E-state index contributed by atoms with van der Waals surface area (Å²) < 4.78 is 1.93. The summed E-state index contributed by atoms with van der Waals surface area (Å²) in [5.41, 5.74) is 5.02. The van der Waals surface area contributed by atoms with Crippen molar-refractivity contribution >= 4 is 29.1 Å². The van der Waals surface area contributed by atoms with Gasteiger partial charge in [-0.2, -0.15) is 11.8 Å². The van der Waals surface area contributed by atoms with E-state index in [-0.39, 0.29) is 5.91 Å². The third-order valence-corrected chi connectivity index (χ3v) is 4.59. The predicted molar refractivity (Wildman–Crippen MR) is 102 cm³/mol. The van der Waals surface area contributed by atoms with E-state index in [9.17, 15) is 4.79 Å². The molecule has 2 aromatic heterocycles. The number of aromatic nitrogens is 2. The number of aryl methyl sites for hydroxylation is 2. The molecule has 1 aromatic carbocycles. The average Bonchev–Trinajstić information content (AvgIpc) is 2.91. The molecule has 0 bridgehead atoms. The van der Waals surface area contributed by atoms with Crippen LogP contribution >= 0.6 is 11.8 Å². The zero-order valence-corrected chi connectivity index (χ0v) is 15.0. The molecule has 0 unspecified atom stereocenters. The first-order chi connectivity index (χ1) is 11.6. The fourth-order valence-corrected chi connectivity index (χ4v) is 3.25. The van der Waals surface area contributed by atoms with Crippen molar-refractivity contribution in [2.24, 2.45) is 0 Å². The SMILES string of the molecule is CCSCC(=O)Nc1c(-c2cc(C)cc(C)c2)nc2ccccn12. The fourth-order valence-electron chi connectivity index (χ4n) is 2.79. The van der Waals surface area contributed by atoms with Crippen LogP contribution < -0.4 is 5.32 Å². The third-order valence-electron chi connectivity index (χ3n) is 3.72. The number of carbonyl (C=O) groups is 1. The van der Waals surface area contributed by atoms with Crippen LogP contribution in [0.2, 0.25) is 0 Å². The molecule has 2 heterocycles. The van der Waals surface area contributed by atoms with E-state index in [1.165, 1.54) is 11.1 Å². The lowest BCUT2D eigenvalue weighted by Crippen LogP contribution is -2.16. The van der Waals surface area contributed by atoms with Gasteiger partial charge >= 0.3 is 0 Å². The van der Waals surface area contributed by atoms with Crippen LogP contribution in [-0.2, 0) is 4.79 Å². The third kappa shape index (κ3) is 3.46. The molecule has 0 saturated carbocycles. The van der Waals surface area contributed by atoms with Crippen LogP contribution in [0, 0.1) is 13.8 Å². The maximum atomic E-state index is 12.3. The number of nitrogens with one attached hydrogen (secondary N) is 1. The summed E-state index contributed by atoms with van der Waals surface area (Å²) in [5, 5.41) is 3.05. The molecule has 5 heteroatoms. The number of anilines is 1. The van der Waals surface area contributed by atoms with Gasteiger partial charge < -0.3 is 5.32 Å². The van der Waals surface area contributed by atoms with Crippen molar-refractivity contribution in [3.63, 3.8) is 0 Å². The fraction of sp³-hybridized carbons (Fsp3) is 0.263. The van der Waals surface area contributed by atoms with E-state index >= 15 is 0 Å². The van der Waals surface area contributed by atoms with Crippen molar-refractivity contribution < 1.29 is 4.79 Å². The molecule has 0 radical (unpaired) electrons. The number of pyridine rings is 1. The molecule has 0 fully saturated rings. The van der Waals surface area contributed by atoms with Crippen LogP contribution in [0.4, 0.5) is 5.82 Å². The molecular formula is C19H21N3OS. The van der Waals surface area contributed by atoms with Gasteiger partial charge in [-0.1, -0.05) is 30.2 Å². The second kappa shape index (κ2) is 7.09. The largest absolute Gasteiger partial charge is 0.309 e. The maximum Gasteiger partial charge on any atom is 0.235 e. The van der Waals surface area contributed by atoms with Crippen LogP contribution in [0.15, 0.2) is 42.6 Å². The average molecular weight is 339 g/mol. The molecule has 0 atom stereocenters. The molecule has 1 amide bonds. The van der Waals surface area contributed by atoms with E-state index in [0.29, 0.717) is 5.75 Å². The van der Waals surface area contributed by atoms with Crippen LogP contribution in [0.1, 0.15) is 18.1 Å². The van der Waals surface area contributed by atoms with Gasteiger partial charge in [0, 0.05) is 11.8 Å². The highest BCUT2D eigenvalue weighted by Gasteiger charge is 2.16. The minimum absolute atomic E-state index is 0.00173. The zero-order valence-electron chi connectivity index (χ0n) is 14.2. The first kappa shape index (κ1) is 16.6. The second-order valence-corrected chi connectivity index (χ2v) is 7.07. The lowest BCUT2D eigenvalue weighted by Gasteiger charge is -2.08. The van der Waals surface area contributed by atoms with Crippen molar-refractivity contribution in [3.05, 3.63) is 53.7 Å². The number of hydrogen-bond acceptors (Lipinski definition) is 3. The van der Waals surface area contributed by atoms with Gasteiger partial charge in [0.25, 0.3) is 0 Å². The Hall–Kier alpha value is -2.27. The summed E-state index contributed by atoms with van der Waals surface area (Å²) in [5.74, 6) is 2.10. The van der Waals surface area contributed by atoms with E-state index < -0.39 is 0 Å². The van der Waals surface area contributed by atoms with Crippen molar-refractivity contribution in [2.75, 3.05) is 16.8 Å². The summed E-state index contributed by atoms with van der Waals surface area (Å²) >= 11 is 1.61. The van der Waals surface area contributed by atoms with Crippen LogP contribution in [-0.4, -0.2) is 26.8 Å². The lowest BCUT2D eigenvalue weighted by atomic mass is 10.1. The quantitative estimate of drug-likeness (QED) is 0.753. The van der Waals surface area contributed by atoms with E-state index in [1.54, 1.807) is 11.8 Å². The number of benzene rings is 1. The molecule has 3 rings (SSSR count). The molecule has 0 aliphatic rings. The van der Waals surface area contributed by atoms with E-state index in [4.69, 9.17) is 4.98 Å². The van der Waals surface area contributed by atoms with Crippen LogP contribution in [0.3, 0.4) is 0 Å². The Morgan fingerprint density at radius 1 is 1.21 bits per heavy atom. The molecular weight excluding hydrogens is 318 g/mol. The molecule has 0 aliphatic carbocycles. The molecule has 124 valence electrons. The molecule has 0 spiro atoms. The summed E-state index contributed by atoms with van der Waals surface area (Å²) in [7, 11) is 0. The topological polar surface area (TPSA) is 46.4 Å². The van der Waals surface area contributed by atoms with Crippen molar-refractivity contribution in [3.8, 4) is 11.3 Å². The number of thioether (sulfide) groups is 1. The van der Waals surface area contributed by atoms with Crippen molar-refractivity contribution in [1.29, 1.82) is 0 Å². The van der Waals surface area contributed by atoms with Crippen molar-refractivity contribution in [2.45, 2.75) is 20.8 Å². The van der Waals surface area contributed by atoms with Gasteiger partial charge in [-0.15, -0.1) is 0 Å². The predicted octanol–water partition coefficient (Wildman–Crippen LogP) is 4.31. The van der Waals surface area contributed by atoms with Crippen LogP contribution in [0.5, 0.6) is 0 Å². The number of imidazole rings is 1. The van der Waals surface area contributed by atoms with Gasteiger partial charge in [-0.25, -0.2) is 4.98 Å². The molecule has 4 nitrogen and oxygen atoms in total. The Labute approximate surface area is 146 Å². The van der Waals surface area contributed by atoms with Gasteiger partial charge in [-0.3, -0.25) is 9.20 Å². The van der Waals surface area contributed by atoms with Gasteiger partial charge in [0.2, 0.25) is 5.91 Å². The minimum atomic E-state index is -0.00173. The van der Waals surface area contributed by atoms with E-state index in [1.807, 2.05) is 35.7 Å². The van der Waals surface area contributed by atoms with Gasteiger partial charge in [0.05, 0.1) is 5.75 Å². The Kier molecular flexibility index (Phi) is 4.90. The summed E-state index contributed by atoms with van der Waals surface area (Å²) in [4.78, 5) is 17.0. The van der Waals surface area contributed by atoms with Gasteiger partial charge in [-0.05, 0) is 43.9 Å². The number of carbonyl (C=O) groups excluding carboxylic acids is 1. The smallest absolute Gasteiger partial charge is 0.235 e. The van der Waals surface area contributed by atoms with Crippen molar-refractivity contribution in [1.82, 2.24) is 9.38 Å². The summed E-state index contributed by atoms with van der Waals surface area (Å²) in [6, 6.07) is 12.2. The van der Waals surface area contributed by atoms with E-state index in [2.05, 4.69) is 37.4 Å². The molecule has 1 N–H and O–H groups in total. The highest BCUT2D eigenvalue weighted by Crippen LogP contribution is 2.30. The van der Waals surface area contributed by atoms with Gasteiger partial charge in [0.1, 0.15) is 17.2 Å². The minimum Gasteiger partial charge on any atom is -0.309 e. The summed E-state index contributed by atoms with van der Waals surface area (Å²) in [6.07, 6.45) is 1.93. The summed E-state index contributed by atoms with van der Waals surface area (Å²) in [6.45, 7) is 6.19. The Balaban J connectivity index is 2.09. The molecule has 3 aromatic rings. The zero-order chi connectivity index (χ0) is 17.1. The molecule has 24 heavy (non-hydrogen) atoms. The standard InChI is InChI=1S/C19H21N3OS/c1-4-24-12-17(23)21-19-18(15-10-13(2)9-14(3)11-15)20-16-7-5-6-8-22(16)19/h5-11H,4,12H2,1-3H3,(H,21,23). The number of amides is 1. The van der Waals surface area contributed by atoms with E-state index in [0.717, 1.165) is 28.5 Å². The second-order valence-electron chi connectivity index (χ2n) is 5.80. The highest BCUT2D eigenvalue weighted by atomic mass is 32.2. The Bertz CT molecular complexity index is 865. The first-order valence-corrected chi connectivity index (χ1v) is 9.17. The number of rotatable bonds is 5. The number of hydrogen-bond donors (Lipinski definition) is 1. The molecule has 0 aliphatic heterocycles. The maximum absolute atomic E-state index is 12.3. The molecule has 0 saturated heterocycles. The monoisotopic (exact) mass is 339 g/mol. The lowest BCUT2D eigenvalue weighted by molar-refractivity contribution is -0.113. The highest BCUT2D eigenvalue weighted by molar-refractivity contribution is 7.99. The number of fused-ring (bicyclic) bond motifs is 1.